The molecule has 1 aliphatic rings. The Morgan fingerprint density at radius 2 is 1.69 bits per heavy atom. The van der Waals surface area contributed by atoms with E-state index < -0.39 is 5.60 Å². The lowest BCUT2D eigenvalue weighted by Crippen LogP contribution is -2.40. The van der Waals surface area contributed by atoms with Crippen LogP contribution in [0.25, 0.3) is 0 Å². The summed E-state index contributed by atoms with van der Waals surface area (Å²) in [5.74, 6) is 1.63. The summed E-state index contributed by atoms with van der Waals surface area (Å²) < 4.78 is 12.4. The summed E-state index contributed by atoms with van der Waals surface area (Å²) in [6.45, 7) is 2.39. The summed E-state index contributed by atoms with van der Waals surface area (Å²) in [7, 11) is 4.38. The van der Waals surface area contributed by atoms with Crippen LogP contribution in [0.5, 0.6) is 5.75 Å². The fraction of sp³-hybridized carbons (Fsp3) is 0.444. The van der Waals surface area contributed by atoms with Gasteiger partial charge in [0.15, 0.2) is 11.4 Å². The maximum Gasteiger partial charge on any atom is 0.173 e. The Kier molecular flexibility index (Phi) is 6.97. The molecule has 0 bridgehead atoms. The van der Waals surface area contributed by atoms with Gasteiger partial charge in [-0.05, 0) is 36.5 Å². The van der Waals surface area contributed by atoms with Gasteiger partial charge in [-0.25, -0.2) is 0 Å². The van der Waals surface area contributed by atoms with Crippen molar-refractivity contribution >= 4 is 0 Å². The minimum absolute atomic E-state index is 0.156. The molecular formula is C27H35N2O3+. The number of benzene rings is 2. The van der Waals surface area contributed by atoms with Crippen molar-refractivity contribution < 1.29 is 18.8 Å². The van der Waals surface area contributed by atoms with Gasteiger partial charge in [-0.1, -0.05) is 66.5 Å². The SMILES string of the molecule is C[N+](C)(CCCOc1ccccc1)Cc1cc(C(O)(c2ccccc2)C2CCCC2)on1. The van der Waals surface area contributed by atoms with Gasteiger partial charge in [0.2, 0.25) is 0 Å². The van der Waals surface area contributed by atoms with E-state index in [9.17, 15) is 5.11 Å². The molecule has 1 heterocycles. The predicted octanol–water partition coefficient (Wildman–Crippen LogP) is 5.15. The van der Waals surface area contributed by atoms with E-state index in [0.29, 0.717) is 12.4 Å². The molecule has 1 atom stereocenters. The molecule has 0 saturated heterocycles. The smallest absolute Gasteiger partial charge is 0.173 e. The first-order chi connectivity index (χ1) is 15.5. The summed E-state index contributed by atoms with van der Waals surface area (Å²) in [6, 6.07) is 21.8. The largest absolute Gasteiger partial charge is 0.493 e. The highest BCUT2D eigenvalue weighted by atomic mass is 16.5. The summed E-state index contributed by atoms with van der Waals surface area (Å²) in [6.07, 6.45) is 5.25. The number of rotatable bonds is 10. The van der Waals surface area contributed by atoms with Crippen LogP contribution in [0.2, 0.25) is 0 Å². The lowest BCUT2D eigenvalue weighted by Gasteiger charge is -2.32. The summed E-state index contributed by atoms with van der Waals surface area (Å²) in [4.78, 5) is 0. The standard InChI is InChI=1S/C27H35N2O3/c1-29(2,18-11-19-31-25-16-7-4-8-17-25)21-24-20-26(32-28-24)27(30,23-14-9-10-15-23)22-12-5-3-6-13-22/h3-8,12-13,16-17,20,23,30H,9-11,14-15,18-19,21H2,1-2H3/q+1. The molecule has 0 spiro atoms. The van der Waals surface area contributed by atoms with Crippen molar-refractivity contribution in [3.8, 4) is 5.75 Å². The molecule has 1 aromatic heterocycles. The van der Waals surface area contributed by atoms with E-state index in [1.165, 1.54) is 0 Å². The molecule has 1 saturated carbocycles. The zero-order chi connectivity index (χ0) is 22.4. The summed E-state index contributed by atoms with van der Waals surface area (Å²) in [5.41, 5.74) is 0.645. The van der Waals surface area contributed by atoms with E-state index >= 15 is 0 Å². The Morgan fingerprint density at radius 3 is 2.38 bits per heavy atom. The zero-order valence-electron chi connectivity index (χ0n) is 19.2. The van der Waals surface area contributed by atoms with Crippen molar-refractivity contribution in [2.75, 3.05) is 27.2 Å². The second kappa shape index (κ2) is 9.88. The van der Waals surface area contributed by atoms with Crippen LogP contribution in [0.15, 0.2) is 71.3 Å². The molecule has 1 fully saturated rings. The molecule has 1 N–H and O–H groups in total. The van der Waals surface area contributed by atoms with Gasteiger partial charge in [0.1, 0.15) is 18.0 Å². The van der Waals surface area contributed by atoms with Crippen molar-refractivity contribution in [2.45, 2.75) is 44.2 Å². The van der Waals surface area contributed by atoms with Crippen molar-refractivity contribution in [3.05, 3.63) is 83.7 Å². The summed E-state index contributed by atoms with van der Waals surface area (Å²) >= 11 is 0. The average molecular weight is 436 g/mol. The minimum atomic E-state index is -1.12. The highest BCUT2D eigenvalue weighted by Gasteiger charge is 2.44. The van der Waals surface area contributed by atoms with Gasteiger partial charge < -0.3 is 18.8 Å². The van der Waals surface area contributed by atoms with Crippen LogP contribution in [-0.4, -0.2) is 42.0 Å². The number of quaternary nitrogens is 1. The van der Waals surface area contributed by atoms with E-state index in [4.69, 9.17) is 9.26 Å². The predicted molar refractivity (Wildman–Crippen MR) is 125 cm³/mol. The Hall–Kier alpha value is -2.63. The van der Waals surface area contributed by atoms with E-state index in [2.05, 4.69) is 19.3 Å². The van der Waals surface area contributed by atoms with E-state index in [1.54, 1.807) is 0 Å². The van der Waals surface area contributed by atoms with Crippen molar-refractivity contribution in [2.24, 2.45) is 5.92 Å². The zero-order valence-corrected chi connectivity index (χ0v) is 19.2. The molecule has 0 amide bonds. The molecule has 170 valence electrons. The van der Waals surface area contributed by atoms with Gasteiger partial charge in [-0.2, -0.15) is 0 Å². The lowest BCUT2D eigenvalue weighted by atomic mass is 9.78. The molecule has 0 radical (unpaired) electrons. The Morgan fingerprint density at radius 1 is 1.03 bits per heavy atom. The third kappa shape index (κ3) is 5.22. The number of ether oxygens (including phenoxy) is 1. The number of hydrogen-bond acceptors (Lipinski definition) is 4. The molecule has 2 aromatic carbocycles. The molecule has 1 aliphatic carbocycles. The fourth-order valence-electron chi connectivity index (χ4n) is 4.90. The molecule has 0 aliphatic heterocycles. The summed E-state index contributed by atoms with van der Waals surface area (Å²) in [5, 5.41) is 16.2. The first-order valence-electron chi connectivity index (χ1n) is 11.7. The molecule has 32 heavy (non-hydrogen) atoms. The van der Waals surface area contributed by atoms with Crippen molar-refractivity contribution in [1.29, 1.82) is 0 Å². The molecule has 5 heteroatoms. The van der Waals surface area contributed by atoms with Crippen molar-refractivity contribution in [1.82, 2.24) is 5.16 Å². The Labute approximate surface area is 191 Å². The molecule has 4 rings (SSSR count). The minimum Gasteiger partial charge on any atom is -0.493 e. The monoisotopic (exact) mass is 435 g/mol. The van der Waals surface area contributed by atoms with Crippen LogP contribution in [0.4, 0.5) is 0 Å². The Bertz CT molecular complexity index is 965. The van der Waals surface area contributed by atoms with E-state index in [-0.39, 0.29) is 5.92 Å². The number of hydrogen-bond donors (Lipinski definition) is 1. The van der Waals surface area contributed by atoms with Crippen molar-refractivity contribution in [3.63, 3.8) is 0 Å². The second-order valence-corrected chi connectivity index (χ2v) is 9.63. The third-order valence-electron chi connectivity index (χ3n) is 6.60. The van der Waals surface area contributed by atoms with Crippen LogP contribution >= 0.6 is 0 Å². The topological polar surface area (TPSA) is 55.5 Å². The van der Waals surface area contributed by atoms with Gasteiger partial charge in [0, 0.05) is 12.5 Å². The number of aliphatic hydroxyl groups is 1. The molecular weight excluding hydrogens is 400 g/mol. The van der Waals surface area contributed by atoms with Gasteiger partial charge in [0.05, 0.1) is 27.2 Å². The Balaban J connectivity index is 1.41. The van der Waals surface area contributed by atoms with Gasteiger partial charge in [-0.3, -0.25) is 0 Å². The molecule has 3 aromatic rings. The van der Waals surface area contributed by atoms with E-state index in [1.807, 2.05) is 66.7 Å². The average Bonchev–Trinajstić information content (AvgIpc) is 3.50. The van der Waals surface area contributed by atoms with Gasteiger partial charge >= 0.3 is 0 Å². The van der Waals surface area contributed by atoms with Crippen LogP contribution in [0.3, 0.4) is 0 Å². The first-order valence-corrected chi connectivity index (χ1v) is 11.7. The maximum atomic E-state index is 11.9. The van der Waals surface area contributed by atoms with Gasteiger partial charge in [0.25, 0.3) is 0 Å². The lowest BCUT2D eigenvalue weighted by molar-refractivity contribution is -0.904. The fourth-order valence-corrected chi connectivity index (χ4v) is 4.90. The number of aromatic nitrogens is 1. The van der Waals surface area contributed by atoms with Crippen LogP contribution in [-0.2, 0) is 12.1 Å². The highest BCUT2D eigenvalue weighted by molar-refractivity contribution is 5.33. The second-order valence-electron chi connectivity index (χ2n) is 9.63. The van der Waals surface area contributed by atoms with Gasteiger partial charge in [-0.15, -0.1) is 0 Å². The van der Waals surface area contributed by atoms with Crippen LogP contribution in [0, 0.1) is 5.92 Å². The number of para-hydroxylation sites is 1. The normalized spacial score (nSPS) is 16.7. The molecule has 1 unspecified atom stereocenters. The third-order valence-corrected chi connectivity index (χ3v) is 6.60. The van der Waals surface area contributed by atoms with E-state index in [0.717, 1.165) is 66.7 Å². The maximum absolute atomic E-state index is 11.9. The molecule has 5 nitrogen and oxygen atoms in total. The van der Waals surface area contributed by atoms with Crippen LogP contribution in [0.1, 0.15) is 49.1 Å². The van der Waals surface area contributed by atoms with Crippen LogP contribution < -0.4 is 4.74 Å². The quantitative estimate of drug-likeness (QED) is 0.354. The first kappa shape index (κ1) is 22.6. The number of nitrogens with zero attached hydrogens (tertiary/aromatic N) is 2. The highest BCUT2D eigenvalue weighted by Crippen LogP contribution is 2.45.